The number of ether oxygens (including phenoxy) is 1. The van der Waals surface area contributed by atoms with Crippen LogP contribution in [-0.4, -0.2) is 30.2 Å². The van der Waals surface area contributed by atoms with Gasteiger partial charge in [-0.1, -0.05) is 22.0 Å². The number of hydrogen-bond donors (Lipinski definition) is 3. The summed E-state index contributed by atoms with van der Waals surface area (Å²) in [5.74, 6) is -1.63. The van der Waals surface area contributed by atoms with Crippen molar-refractivity contribution >= 4 is 39.6 Å². The zero-order valence-corrected chi connectivity index (χ0v) is 16.5. The van der Waals surface area contributed by atoms with Crippen molar-refractivity contribution in [1.82, 2.24) is 5.43 Å². The highest BCUT2D eigenvalue weighted by Gasteiger charge is 2.30. The van der Waals surface area contributed by atoms with E-state index in [2.05, 4.69) is 31.8 Å². The first kappa shape index (κ1) is 22.2. The van der Waals surface area contributed by atoms with Crippen LogP contribution in [0.5, 0.6) is 11.5 Å². The second-order valence-electron chi connectivity index (χ2n) is 5.64. The summed E-state index contributed by atoms with van der Waals surface area (Å²) in [4.78, 5) is 23.6. The topological polar surface area (TPSA) is 100 Å². The number of anilines is 1. The Labute approximate surface area is 171 Å². The molecule has 2 rings (SSSR count). The molecule has 2 aromatic carbocycles. The lowest BCUT2D eigenvalue weighted by molar-refractivity contribution is -0.137. The number of methoxy groups -OCH3 is 1. The van der Waals surface area contributed by atoms with E-state index in [4.69, 9.17) is 4.74 Å². The van der Waals surface area contributed by atoms with E-state index in [1.807, 2.05) is 0 Å². The minimum Gasteiger partial charge on any atom is -0.504 e. The molecule has 0 atom stereocenters. The Balaban J connectivity index is 1.94. The molecule has 0 fully saturated rings. The van der Waals surface area contributed by atoms with Crippen molar-refractivity contribution in [3.63, 3.8) is 0 Å². The number of nitrogens with zero attached hydrogens (tertiary/aromatic N) is 1. The molecule has 154 valence electrons. The van der Waals surface area contributed by atoms with Crippen LogP contribution >= 0.6 is 15.9 Å². The van der Waals surface area contributed by atoms with Crippen LogP contribution in [0.15, 0.2) is 46.0 Å². The SMILES string of the molecule is COc1cc(Br)cc(/C=N/NC(=O)CC(=O)Nc2cccc(C(F)(F)F)c2)c1O. The number of aromatic hydroxyl groups is 1. The fraction of sp³-hybridized carbons (Fsp3) is 0.167. The fourth-order valence-electron chi connectivity index (χ4n) is 2.19. The molecule has 2 aromatic rings. The summed E-state index contributed by atoms with van der Waals surface area (Å²) in [7, 11) is 1.37. The van der Waals surface area contributed by atoms with E-state index < -0.39 is 30.0 Å². The molecule has 0 aliphatic rings. The van der Waals surface area contributed by atoms with E-state index in [0.717, 1.165) is 24.4 Å². The number of phenols is 1. The first-order valence-corrected chi connectivity index (χ1v) is 8.75. The number of rotatable bonds is 6. The Morgan fingerprint density at radius 3 is 2.62 bits per heavy atom. The van der Waals surface area contributed by atoms with Crippen LogP contribution in [0.3, 0.4) is 0 Å². The molecule has 11 heteroatoms. The van der Waals surface area contributed by atoms with Crippen LogP contribution in [0.1, 0.15) is 17.5 Å². The summed E-state index contributed by atoms with van der Waals surface area (Å²) < 4.78 is 43.6. The lowest BCUT2D eigenvalue weighted by atomic mass is 10.2. The third-order valence-electron chi connectivity index (χ3n) is 3.48. The molecule has 0 unspecified atom stereocenters. The van der Waals surface area contributed by atoms with Gasteiger partial charge >= 0.3 is 6.18 Å². The summed E-state index contributed by atoms with van der Waals surface area (Å²) in [6.45, 7) is 0. The molecule has 0 aliphatic carbocycles. The summed E-state index contributed by atoms with van der Waals surface area (Å²) >= 11 is 3.23. The molecule has 29 heavy (non-hydrogen) atoms. The third kappa shape index (κ3) is 6.49. The van der Waals surface area contributed by atoms with Crippen LogP contribution in [0.2, 0.25) is 0 Å². The van der Waals surface area contributed by atoms with E-state index in [0.29, 0.717) is 4.47 Å². The Kier molecular flexibility index (Phi) is 7.21. The van der Waals surface area contributed by atoms with Gasteiger partial charge in [0, 0.05) is 15.7 Å². The number of hydrogen-bond acceptors (Lipinski definition) is 5. The number of carbonyl (C=O) groups excluding carboxylic acids is 2. The van der Waals surface area contributed by atoms with Gasteiger partial charge < -0.3 is 15.2 Å². The molecule has 0 heterocycles. The predicted octanol–water partition coefficient (Wildman–Crippen LogP) is 3.66. The van der Waals surface area contributed by atoms with Crippen LogP contribution in [-0.2, 0) is 15.8 Å². The molecule has 0 radical (unpaired) electrons. The third-order valence-corrected chi connectivity index (χ3v) is 3.93. The van der Waals surface area contributed by atoms with Crippen molar-refractivity contribution in [2.45, 2.75) is 12.6 Å². The largest absolute Gasteiger partial charge is 0.504 e. The highest BCUT2D eigenvalue weighted by Crippen LogP contribution is 2.32. The van der Waals surface area contributed by atoms with Gasteiger partial charge in [0.05, 0.1) is 18.9 Å². The maximum Gasteiger partial charge on any atom is 0.416 e. The maximum atomic E-state index is 12.7. The van der Waals surface area contributed by atoms with Gasteiger partial charge in [-0.2, -0.15) is 18.3 Å². The second kappa shape index (κ2) is 9.41. The van der Waals surface area contributed by atoms with Gasteiger partial charge in [-0.3, -0.25) is 9.59 Å². The zero-order chi connectivity index (χ0) is 21.6. The van der Waals surface area contributed by atoms with E-state index in [1.165, 1.54) is 25.3 Å². The number of nitrogens with one attached hydrogen (secondary N) is 2. The Bertz CT molecular complexity index is 948. The quantitative estimate of drug-likeness (QED) is 0.338. The van der Waals surface area contributed by atoms with Crippen molar-refractivity contribution in [3.05, 3.63) is 52.0 Å². The van der Waals surface area contributed by atoms with Crippen LogP contribution in [0, 0.1) is 0 Å². The standard InChI is InChI=1S/C18H15BrF3N3O4/c1-29-14-7-12(19)5-10(17(14)28)9-23-25-16(27)8-15(26)24-13-4-2-3-11(6-13)18(20,21)22/h2-7,9,28H,8H2,1H3,(H,24,26)(H,25,27)/b23-9+. The van der Waals surface area contributed by atoms with Crippen molar-refractivity contribution < 1.29 is 32.6 Å². The lowest BCUT2D eigenvalue weighted by Gasteiger charge is -2.09. The van der Waals surface area contributed by atoms with Gasteiger partial charge in [0.25, 0.3) is 0 Å². The minimum absolute atomic E-state index is 0.0905. The fourth-order valence-corrected chi connectivity index (χ4v) is 2.64. The van der Waals surface area contributed by atoms with E-state index in [-0.39, 0.29) is 22.7 Å². The minimum atomic E-state index is -4.55. The van der Waals surface area contributed by atoms with Crippen molar-refractivity contribution in [3.8, 4) is 11.5 Å². The molecular formula is C18H15BrF3N3O4. The molecule has 0 aromatic heterocycles. The molecule has 2 amide bonds. The number of phenolic OH excluding ortho intramolecular Hbond substituents is 1. The summed E-state index contributed by atoms with van der Waals surface area (Å²) in [6.07, 6.45) is -4.07. The van der Waals surface area contributed by atoms with Crippen LogP contribution in [0.25, 0.3) is 0 Å². The number of amides is 2. The molecule has 3 N–H and O–H groups in total. The lowest BCUT2D eigenvalue weighted by Crippen LogP contribution is -2.24. The number of hydrazone groups is 1. The molecule has 7 nitrogen and oxygen atoms in total. The molecule has 0 saturated heterocycles. The van der Waals surface area contributed by atoms with Crippen molar-refractivity contribution in [2.75, 3.05) is 12.4 Å². The molecule has 0 aliphatic heterocycles. The average molecular weight is 474 g/mol. The molecule has 0 saturated carbocycles. The smallest absolute Gasteiger partial charge is 0.416 e. The Morgan fingerprint density at radius 1 is 1.24 bits per heavy atom. The van der Waals surface area contributed by atoms with Gasteiger partial charge in [0.15, 0.2) is 11.5 Å². The Hall–Kier alpha value is -3.08. The second-order valence-corrected chi connectivity index (χ2v) is 6.56. The van der Waals surface area contributed by atoms with Crippen LogP contribution < -0.4 is 15.5 Å². The first-order chi connectivity index (χ1) is 13.6. The number of benzene rings is 2. The van der Waals surface area contributed by atoms with Gasteiger partial charge in [0.1, 0.15) is 6.42 Å². The van der Waals surface area contributed by atoms with Gasteiger partial charge in [-0.15, -0.1) is 0 Å². The average Bonchev–Trinajstić information content (AvgIpc) is 2.63. The van der Waals surface area contributed by atoms with E-state index in [1.54, 1.807) is 0 Å². The van der Waals surface area contributed by atoms with E-state index in [9.17, 15) is 27.9 Å². The molecule has 0 bridgehead atoms. The summed E-state index contributed by atoms with van der Waals surface area (Å²) in [5, 5.41) is 15.8. The highest BCUT2D eigenvalue weighted by molar-refractivity contribution is 9.10. The van der Waals surface area contributed by atoms with Gasteiger partial charge in [-0.25, -0.2) is 5.43 Å². The normalized spacial score (nSPS) is 11.3. The maximum absolute atomic E-state index is 12.7. The van der Waals surface area contributed by atoms with Crippen molar-refractivity contribution in [1.29, 1.82) is 0 Å². The highest BCUT2D eigenvalue weighted by atomic mass is 79.9. The zero-order valence-electron chi connectivity index (χ0n) is 14.9. The van der Waals surface area contributed by atoms with Gasteiger partial charge in [-0.05, 0) is 30.3 Å². The van der Waals surface area contributed by atoms with Crippen molar-refractivity contribution in [2.24, 2.45) is 5.10 Å². The predicted molar refractivity (Wildman–Crippen MR) is 103 cm³/mol. The summed E-state index contributed by atoms with van der Waals surface area (Å²) in [5.41, 5.74) is 1.32. The van der Waals surface area contributed by atoms with E-state index >= 15 is 0 Å². The van der Waals surface area contributed by atoms with Gasteiger partial charge in [0.2, 0.25) is 11.8 Å². The Morgan fingerprint density at radius 2 is 1.97 bits per heavy atom. The summed E-state index contributed by atoms with van der Waals surface area (Å²) in [6, 6.07) is 7.09. The monoisotopic (exact) mass is 473 g/mol. The molecule has 0 spiro atoms. The first-order valence-electron chi connectivity index (χ1n) is 7.95. The number of halogens is 4. The number of alkyl halides is 3. The number of carbonyl (C=O) groups is 2. The van der Waals surface area contributed by atoms with Crippen LogP contribution in [0.4, 0.5) is 18.9 Å². The molecular weight excluding hydrogens is 459 g/mol.